The molecule has 4 nitrogen and oxygen atoms in total. The fourth-order valence-corrected chi connectivity index (χ4v) is 2.55. The molecule has 1 atom stereocenters. The maximum atomic E-state index is 11.6. The maximum absolute atomic E-state index is 11.6. The maximum Gasteiger partial charge on any atom is 0.347 e. The topological polar surface area (TPSA) is 43.8 Å². The van der Waals surface area contributed by atoms with Gasteiger partial charge in [-0.1, -0.05) is 30.3 Å². The van der Waals surface area contributed by atoms with Gasteiger partial charge in [0, 0.05) is 12.7 Å². The van der Waals surface area contributed by atoms with Gasteiger partial charge in [-0.3, -0.25) is 0 Å². The number of rotatable bonds is 2. The Morgan fingerprint density at radius 3 is 2.21 bits per heavy atom. The number of nitrogens with zero attached hydrogens (tertiary/aromatic N) is 2. The number of para-hydroxylation sites is 3. The molecule has 4 heteroatoms. The first-order valence-electron chi connectivity index (χ1n) is 6.09. The fourth-order valence-electron chi connectivity index (χ4n) is 2.55. The minimum absolute atomic E-state index is 0.709. The van der Waals surface area contributed by atoms with E-state index in [1.54, 1.807) is 11.9 Å². The molecule has 3 rings (SSSR count). The number of aliphatic carboxylic acids is 1. The Kier molecular flexibility index (Phi) is 2.63. The van der Waals surface area contributed by atoms with Crippen LogP contribution in [0.25, 0.3) is 0 Å². The van der Waals surface area contributed by atoms with Crippen molar-refractivity contribution in [3.05, 3.63) is 54.6 Å². The zero-order chi connectivity index (χ0) is 13.4. The fraction of sp³-hybridized carbons (Fsp3) is 0.133. The zero-order valence-electron chi connectivity index (χ0n) is 10.5. The number of fused-ring (bicyclic) bond motifs is 1. The third kappa shape index (κ3) is 1.73. The van der Waals surface area contributed by atoms with Crippen LogP contribution in [-0.2, 0) is 4.79 Å². The average molecular weight is 254 g/mol. The van der Waals surface area contributed by atoms with Crippen LogP contribution in [0.2, 0.25) is 0 Å². The van der Waals surface area contributed by atoms with Crippen LogP contribution in [0.1, 0.15) is 0 Å². The summed E-state index contributed by atoms with van der Waals surface area (Å²) in [7, 11) is 1.81. The molecule has 0 aromatic heterocycles. The molecule has 0 bridgehead atoms. The molecule has 1 heterocycles. The Labute approximate surface area is 111 Å². The van der Waals surface area contributed by atoms with Gasteiger partial charge in [-0.05, 0) is 24.3 Å². The van der Waals surface area contributed by atoms with Crippen molar-refractivity contribution in [2.24, 2.45) is 0 Å². The molecule has 1 aliphatic rings. The van der Waals surface area contributed by atoms with E-state index in [4.69, 9.17) is 0 Å². The standard InChI is InChI=1S/C15H14N2O2/c1-16-12-9-5-6-10-13(12)17(14(16)15(18)19)11-7-3-2-4-8-11/h2-10,14H,1H3,(H,18,19). The summed E-state index contributed by atoms with van der Waals surface area (Å²) in [6, 6.07) is 17.3. The summed E-state index contributed by atoms with van der Waals surface area (Å²) in [5, 5.41) is 9.50. The van der Waals surface area contributed by atoms with Gasteiger partial charge in [0.2, 0.25) is 6.17 Å². The molecule has 0 saturated heterocycles. The number of carbonyl (C=O) groups is 1. The summed E-state index contributed by atoms with van der Waals surface area (Å²) >= 11 is 0. The minimum atomic E-state index is -0.859. The number of carboxylic acid groups (broad SMARTS) is 1. The first-order valence-corrected chi connectivity index (χ1v) is 6.09. The number of benzene rings is 2. The molecule has 1 aliphatic heterocycles. The van der Waals surface area contributed by atoms with Crippen LogP contribution < -0.4 is 9.80 Å². The Balaban J connectivity index is 2.17. The number of hydrogen-bond acceptors (Lipinski definition) is 3. The van der Waals surface area contributed by atoms with Crippen LogP contribution in [0.15, 0.2) is 54.6 Å². The largest absolute Gasteiger partial charge is 0.478 e. The highest BCUT2D eigenvalue weighted by atomic mass is 16.4. The van der Waals surface area contributed by atoms with Gasteiger partial charge in [0.25, 0.3) is 0 Å². The molecule has 2 aromatic rings. The van der Waals surface area contributed by atoms with Crippen LogP contribution >= 0.6 is 0 Å². The van der Waals surface area contributed by atoms with Crippen molar-refractivity contribution in [1.29, 1.82) is 0 Å². The smallest absolute Gasteiger partial charge is 0.347 e. The highest BCUT2D eigenvalue weighted by Crippen LogP contribution is 2.42. The van der Waals surface area contributed by atoms with Gasteiger partial charge in [-0.25, -0.2) is 4.79 Å². The van der Waals surface area contributed by atoms with Crippen LogP contribution in [0.4, 0.5) is 17.1 Å². The predicted molar refractivity (Wildman–Crippen MR) is 74.8 cm³/mol. The van der Waals surface area contributed by atoms with Crippen LogP contribution in [-0.4, -0.2) is 24.3 Å². The lowest BCUT2D eigenvalue weighted by molar-refractivity contribution is -0.138. The lowest BCUT2D eigenvalue weighted by Crippen LogP contribution is -2.45. The monoisotopic (exact) mass is 254 g/mol. The van der Waals surface area contributed by atoms with E-state index in [0.717, 1.165) is 17.1 Å². The molecule has 0 radical (unpaired) electrons. The number of likely N-dealkylation sites (N-methyl/N-ethyl adjacent to an activating group) is 1. The molecule has 2 aromatic carbocycles. The van der Waals surface area contributed by atoms with Crippen molar-refractivity contribution >= 4 is 23.0 Å². The van der Waals surface area contributed by atoms with Crippen molar-refractivity contribution < 1.29 is 9.90 Å². The van der Waals surface area contributed by atoms with E-state index in [-0.39, 0.29) is 0 Å². The summed E-state index contributed by atoms with van der Waals surface area (Å²) < 4.78 is 0. The average Bonchev–Trinajstić information content (AvgIpc) is 2.74. The molecule has 19 heavy (non-hydrogen) atoms. The van der Waals surface area contributed by atoms with E-state index in [1.165, 1.54) is 0 Å². The number of carboxylic acids is 1. The summed E-state index contributed by atoms with van der Waals surface area (Å²) in [6.45, 7) is 0. The van der Waals surface area contributed by atoms with Gasteiger partial charge >= 0.3 is 5.97 Å². The van der Waals surface area contributed by atoms with Gasteiger partial charge < -0.3 is 14.9 Å². The Bertz CT molecular complexity index is 613. The van der Waals surface area contributed by atoms with Crippen LogP contribution in [0, 0.1) is 0 Å². The normalized spacial score (nSPS) is 17.4. The quantitative estimate of drug-likeness (QED) is 0.894. The molecule has 0 saturated carbocycles. The van der Waals surface area contributed by atoms with Gasteiger partial charge in [0.05, 0.1) is 11.4 Å². The lowest BCUT2D eigenvalue weighted by atomic mass is 10.2. The second-order valence-electron chi connectivity index (χ2n) is 4.52. The van der Waals surface area contributed by atoms with Crippen LogP contribution in [0.5, 0.6) is 0 Å². The molecule has 0 fully saturated rings. The van der Waals surface area contributed by atoms with Gasteiger partial charge in [0.15, 0.2) is 0 Å². The van der Waals surface area contributed by atoms with Crippen molar-refractivity contribution in [2.45, 2.75) is 6.17 Å². The van der Waals surface area contributed by atoms with E-state index in [1.807, 2.05) is 59.5 Å². The second-order valence-corrected chi connectivity index (χ2v) is 4.52. The zero-order valence-corrected chi connectivity index (χ0v) is 10.5. The van der Waals surface area contributed by atoms with Crippen molar-refractivity contribution in [2.75, 3.05) is 16.8 Å². The minimum Gasteiger partial charge on any atom is -0.478 e. The Hall–Kier alpha value is -2.49. The highest BCUT2D eigenvalue weighted by molar-refractivity contribution is 5.94. The van der Waals surface area contributed by atoms with Crippen LogP contribution in [0.3, 0.4) is 0 Å². The molecule has 0 amide bonds. The molecular weight excluding hydrogens is 240 g/mol. The lowest BCUT2D eigenvalue weighted by Gasteiger charge is -2.27. The highest BCUT2D eigenvalue weighted by Gasteiger charge is 2.39. The molecule has 0 spiro atoms. The van der Waals surface area contributed by atoms with Gasteiger partial charge in [-0.15, -0.1) is 0 Å². The third-order valence-corrected chi connectivity index (χ3v) is 3.39. The first kappa shape index (κ1) is 11.6. The molecular formula is C15H14N2O2. The van der Waals surface area contributed by atoms with Crippen molar-refractivity contribution in [1.82, 2.24) is 0 Å². The second kappa shape index (κ2) is 4.31. The van der Waals surface area contributed by atoms with E-state index < -0.39 is 12.1 Å². The van der Waals surface area contributed by atoms with E-state index >= 15 is 0 Å². The predicted octanol–water partition coefficient (Wildman–Crippen LogP) is 2.69. The van der Waals surface area contributed by atoms with Gasteiger partial charge in [-0.2, -0.15) is 0 Å². The summed E-state index contributed by atoms with van der Waals surface area (Å²) in [6.07, 6.45) is -0.709. The third-order valence-electron chi connectivity index (χ3n) is 3.39. The molecule has 0 aliphatic carbocycles. The van der Waals surface area contributed by atoms with Crippen molar-refractivity contribution in [3.63, 3.8) is 0 Å². The Morgan fingerprint density at radius 1 is 1.00 bits per heavy atom. The molecule has 96 valence electrons. The Morgan fingerprint density at radius 2 is 1.58 bits per heavy atom. The van der Waals surface area contributed by atoms with E-state index in [2.05, 4.69) is 0 Å². The summed E-state index contributed by atoms with van der Waals surface area (Å²) in [5.74, 6) is -0.859. The SMILES string of the molecule is CN1c2ccccc2N(c2ccccc2)C1C(=O)O. The summed E-state index contributed by atoms with van der Waals surface area (Å²) in [5.41, 5.74) is 2.73. The van der Waals surface area contributed by atoms with Crippen molar-refractivity contribution in [3.8, 4) is 0 Å². The summed E-state index contributed by atoms with van der Waals surface area (Å²) in [4.78, 5) is 15.2. The van der Waals surface area contributed by atoms with E-state index in [9.17, 15) is 9.90 Å². The number of anilines is 3. The van der Waals surface area contributed by atoms with Gasteiger partial charge in [0.1, 0.15) is 0 Å². The first-order chi connectivity index (χ1) is 9.20. The van der Waals surface area contributed by atoms with E-state index in [0.29, 0.717) is 0 Å². The molecule has 1 N–H and O–H groups in total. The number of hydrogen-bond donors (Lipinski definition) is 1. The molecule has 1 unspecified atom stereocenters.